The van der Waals surface area contributed by atoms with Crippen LogP contribution in [0.4, 0.5) is 0 Å². The minimum absolute atomic E-state index is 0. The third-order valence-electron chi connectivity index (χ3n) is 4.90. The first-order valence-electron chi connectivity index (χ1n) is 9.96. The number of aliphatic imine (C=N–C) groups is 1. The van der Waals surface area contributed by atoms with Crippen molar-refractivity contribution < 1.29 is 4.74 Å². The van der Waals surface area contributed by atoms with Crippen molar-refractivity contribution in [3.05, 3.63) is 42.5 Å². The van der Waals surface area contributed by atoms with Gasteiger partial charge in [-0.05, 0) is 36.0 Å². The zero-order chi connectivity index (χ0) is 19.7. The van der Waals surface area contributed by atoms with E-state index in [0.717, 1.165) is 44.2 Å². The molecule has 1 aliphatic rings. The van der Waals surface area contributed by atoms with Gasteiger partial charge in [0.15, 0.2) is 5.96 Å². The number of guanidine groups is 1. The van der Waals surface area contributed by atoms with Gasteiger partial charge in [0.1, 0.15) is 12.4 Å². The second-order valence-corrected chi connectivity index (χ2v) is 8.13. The molecule has 1 saturated heterocycles. The minimum atomic E-state index is 0. The smallest absolute Gasteiger partial charge is 0.191 e. The molecule has 1 aliphatic heterocycles. The van der Waals surface area contributed by atoms with E-state index in [1.54, 1.807) is 0 Å². The van der Waals surface area contributed by atoms with Crippen molar-refractivity contribution in [3.8, 4) is 5.75 Å². The molecule has 1 heterocycles. The van der Waals surface area contributed by atoms with E-state index in [9.17, 15) is 0 Å². The van der Waals surface area contributed by atoms with Crippen molar-refractivity contribution in [2.75, 3.05) is 39.8 Å². The first-order chi connectivity index (χ1) is 12.9. The number of halogens is 1. The van der Waals surface area contributed by atoms with Crippen molar-refractivity contribution in [1.29, 1.82) is 0 Å². The van der Waals surface area contributed by atoms with Gasteiger partial charge in [-0.2, -0.15) is 0 Å². The van der Waals surface area contributed by atoms with Gasteiger partial charge in [0.25, 0.3) is 0 Å². The number of nitrogens with zero attached hydrogens (tertiary/aromatic N) is 2. The second kappa shape index (κ2) is 12.3. The molecule has 0 saturated carbocycles. The monoisotopic (exact) mass is 500 g/mol. The highest BCUT2D eigenvalue weighted by Crippen LogP contribution is 2.25. The maximum Gasteiger partial charge on any atom is 0.191 e. The van der Waals surface area contributed by atoms with E-state index in [0.29, 0.717) is 19.2 Å². The first kappa shape index (κ1) is 24.8. The lowest BCUT2D eigenvalue weighted by Gasteiger charge is -2.32. The molecule has 28 heavy (non-hydrogen) atoms. The Kier molecular flexibility index (Phi) is 10.9. The van der Waals surface area contributed by atoms with E-state index in [1.165, 1.54) is 5.56 Å². The molecule has 1 aromatic carbocycles. The summed E-state index contributed by atoms with van der Waals surface area (Å²) in [6.45, 7) is 15.0. The lowest BCUT2D eigenvalue weighted by Crippen LogP contribution is -2.49. The quantitative estimate of drug-likeness (QED) is 0.197. The average molecular weight is 500 g/mol. The van der Waals surface area contributed by atoms with E-state index in [4.69, 9.17) is 4.74 Å². The SMILES string of the molecule is C=CCN1CCC(NC(=NC)NCCOc2cccc(C(C)(C)C)c2)CC1.I. The fourth-order valence-corrected chi connectivity index (χ4v) is 3.22. The van der Waals surface area contributed by atoms with Gasteiger partial charge in [-0.25, -0.2) is 0 Å². The van der Waals surface area contributed by atoms with Crippen LogP contribution in [0.3, 0.4) is 0 Å². The van der Waals surface area contributed by atoms with Gasteiger partial charge < -0.3 is 15.4 Å². The van der Waals surface area contributed by atoms with Gasteiger partial charge in [0.2, 0.25) is 0 Å². The number of hydrogen-bond donors (Lipinski definition) is 2. The topological polar surface area (TPSA) is 48.9 Å². The Balaban J connectivity index is 0.00000392. The minimum Gasteiger partial charge on any atom is -0.492 e. The largest absolute Gasteiger partial charge is 0.492 e. The van der Waals surface area contributed by atoms with Crippen LogP contribution < -0.4 is 15.4 Å². The van der Waals surface area contributed by atoms with Crippen LogP contribution in [0, 0.1) is 0 Å². The molecule has 0 aromatic heterocycles. The molecular formula is C22H37IN4O. The third-order valence-corrected chi connectivity index (χ3v) is 4.90. The molecular weight excluding hydrogens is 463 g/mol. The number of rotatable bonds is 7. The Morgan fingerprint density at radius 1 is 1.32 bits per heavy atom. The summed E-state index contributed by atoms with van der Waals surface area (Å²) in [6.07, 6.45) is 4.24. The summed E-state index contributed by atoms with van der Waals surface area (Å²) in [5.74, 6) is 1.77. The number of benzene rings is 1. The fourth-order valence-electron chi connectivity index (χ4n) is 3.22. The third kappa shape index (κ3) is 8.39. The summed E-state index contributed by atoms with van der Waals surface area (Å²) in [5.41, 5.74) is 1.42. The maximum absolute atomic E-state index is 5.91. The van der Waals surface area contributed by atoms with E-state index < -0.39 is 0 Å². The van der Waals surface area contributed by atoms with Crippen LogP contribution >= 0.6 is 24.0 Å². The Morgan fingerprint density at radius 3 is 2.64 bits per heavy atom. The summed E-state index contributed by atoms with van der Waals surface area (Å²) in [7, 11) is 1.82. The normalized spacial score (nSPS) is 16.2. The predicted octanol–water partition coefficient (Wildman–Crippen LogP) is 3.80. The van der Waals surface area contributed by atoms with E-state index >= 15 is 0 Å². The zero-order valence-electron chi connectivity index (χ0n) is 17.8. The zero-order valence-corrected chi connectivity index (χ0v) is 20.2. The van der Waals surface area contributed by atoms with Crippen LogP contribution in [0.25, 0.3) is 0 Å². The molecule has 0 radical (unpaired) electrons. The van der Waals surface area contributed by atoms with Crippen molar-refractivity contribution in [3.63, 3.8) is 0 Å². The van der Waals surface area contributed by atoms with Crippen molar-refractivity contribution in [2.45, 2.75) is 45.1 Å². The Labute approximate surface area is 188 Å². The predicted molar refractivity (Wildman–Crippen MR) is 130 cm³/mol. The van der Waals surface area contributed by atoms with Crippen LogP contribution in [-0.4, -0.2) is 56.7 Å². The standard InChI is InChI=1S/C22H36N4O.HI/c1-6-13-26-14-10-19(11-15-26)25-21(23-5)24-12-16-27-20-9-7-8-18(17-20)22(2,3)4;/h6-9,17,19H,1,10-16H2,2-5H3,(H2,23,24,25);1H. The molecule has 2 rings (SSSR count). The van der Waals surface area contributed by atoms with E-state index in [-0.39, 0.29) is 29.4 Å². The molecule has 0 aliphatic carbocycles. The van der Waals surface area contributed by atoms with Gasteiger partial charge in [-0.1, -0.05) is 39.0 Å². The lowest BCUT2D eigenvalue weighted by molar-refractivity contribution is 0.225. The molecule has 0 spiro atoms. The van der Waals surface area contributed by atoms with E-state index in [2.05, 4.69) is 66.1 Å². The summed E-state index contributed by atoms with van der Waals surface area (Å²) >= 11 is 0. The van der Waals surface area contributed by atoms with Gasteiger partial charge in [0.05, 0.1) is 6.54 Å². The van der Waals surface area contributed by atoms with Gasteiger partial charge in [-0.3, -0.25) is 9.89 Å². The molecule has 6 heteroatoms. The fraction of sp³-hybridized carbons (Fsp3) is 0.591. The first-order valence-corrected chi connectivity index (χ1v) is 9.96. The van der Waals surface area contributed by atoms with Crippen LogP contribution in [0.5, 0.6) is 5.75 Å². The van der Waals surface area contributed by atoms with Gasteiger partial charge in [0, 0.05) is 32.7 Å². The molecule has 0 bridgehead atoms. The Bertz CT molecular complexity index is 619. The van der Waals surface area contributed by atoms with Gasteiger partial charge >= 0.3 is 0 Å². The number of piperidine rings is 1. The van der Waals surface area contributed by atoms with Crippen molar-refractivity contribution in [2.24, 2.45) is 4.99 Å². The Morgan fingerprint density at radius 2 is 2.04 bits per heavy atom. The highest BCUT2D eigenvalue weighted by molar-refractivity contribution is 14.0. The molecule has 0 amide bonds. The molecule has 2 N–H and O–H groups in total. The molecule has 1 aromatic rings. The summed E-state index contributed by atoms with van der Waals surface area (Å²) in [6, 6.07) is 8.82. The number of hydrogen-bond acceptors (Lipinski definition) is 3. The number of likely N-dealkylation sites (tertiary alicyclic amines) is 1. The maximum atomic E-state index is 5.91. The van der Waals surface area contributed by atoms with Crippen LogP contribution in [0.1, 0.15) is 39.2 Å². The molecule has 0 atom stereocenters. The highest BCUT2D eigenvalue weighted by Gasteiger charge is 2.19. The Hall–Kier alpha value is -1.28. The van der Waals surface area contributed by atoms with Crippen LogP contribution in [0.2, 0.25) is 0 Å². The number of ether oxygens (including phenoxy) is 1. The van der Waals surface area contributed by atoms with Crippen LogP contribution in [-0.2, 0) is 5.41 Å². The van der Waals surface area contributed by atoms with Gasteiger partial charge in [-0.15, -0.1) is 30.6 Å². The van der Waals surface area contributed by atoms with Crippen molar-refractivity contribution in [1.82, 2.24) is 15.5 Å². The molecule has 158 valence electrons. The second-order valence-electron chi connectivity index (χ2n) is 8.13. The molecule has 0 unspecified atom stereocenters. The molecule has 1 fully saturated rings. The average Bonchev–Trinajstić information content (AvgIpc) is 2.65. The summed E-state index contributed by atoms with van der Waals surface area (Å²) in [5, 5.41) is 6.88. The van der Waals surface area contributed by atoms with E-state index in [1.807, 2.05) is 19.2 Å². The highest BCUT2D eigenvalue weighted by atomic mass is 127. The van der Waals surface area contributed by atoms with Crippen molar-refractivity contribution >= 4 is 29.9 Å². The number of nitrogens with one attached hydrogen (secondary N) is 2. The lowest BCUT2D eigenvalue weighted by atomic mass is 9.87. The summed E-state index contributed by atoms with van der Waals surface area (Å²) < 4.78 is 5.91. The molecule has 5 nitrogen and oxygen atoms in total. The summed E-state index contributed by atoms with van der Waals surface area (Å²) in [4.78, 5) is 6.77. The van der Waals surface area contributed by atoms with Crippen LogP contribution in [0.15, 0.2) is 41.9 Å².